The van der Waals surface area contributed by atoms with Crippen LogP contribution in [0, 0.1) is 12.7 Å². The van der Waals surface area contributed by atoms with Crippen LogP contribution in [0.4, 0.5) is 10.1 Å². The van der Waals surface area contributed by atoms with Crippen molar-refractivity contribution in [1.29, 1.82) is 0 Å². The summed E-state index contributed by atoms with van der Waals surface area (Å²) in [6, 6.07) is 11.7. The van der Waals surface area contributed by atoms with Crippen LogP contribution in [0.2, 0.25) is 0 Å². The molecule has 9 heteroatoms. The topological polar surface area (TPSA) is 85.8 Å². The molecule has 1 amide bonds. The number of anilines is 1. The predicted octanol–water partition coefficient (Wildman–Crippen LogP) is 4.25. The monoisotopic (exact) mass is 409 g/mol. The van der Waals surface area contributed by atoms with Gasteiger partial charge in [-0.2, -0.15) is 4.98 Å². The van der Waals surface area contributed by atoms with Crippen molar-refractivity contribution in [3.63, 3.8) is 0 Å². The van der Waals surface area contributed by atoms with E-state index in [0.717, 1.165) is 4.90 Å². The predicted molar refractivity (Wildman–Crippen MR) is 107 cm³/mol. The zero-order chi connectivity index (χ0) is 20.2. The van der Waals surface area contributed by atoms with E-state index in [1.807, 2.05) is 12.1 Å². The van der Waals surface area contributed by atoms with E-state index in [1.54, 1.807) is 48.1 Å². The van der Waals surface area contributed by atoms with E-state index in [2.05, 4.69) is 20.4 Å². The molecule has 0 fully saturated rings. The Labute approximate surface area is 170 Å². The summed E-state index contributed by atoms with van der Waals surface area (Å²) in [7, 11) is 0. The fraction of sp³-hybridized carbons (Fsp3) is 0.100. The Morgan fingerprint density at radius 1 is 1.28 bits per heavy atom. The quantitative estimate of drug-likeness (QED) is 0.479. The minimum atomic E-state index is -0.462. The molecule has 146 valence electrons. The molecule has 4 rings (SSSR count). The van der Waals surface area contributed by atoms with Crippen LogP contribution in [0.5, 0.6) is 0 Å². The Morgan fingerprint density at radius 2 is 2.14 bits per heavy atom. The Morgan fingerprint density at radius 3 is 2.86 bits per heavy atom. The van der Waals surface area contributed by atoms with Crippen molar-refractivity contribution in [2.75, 3.05) is 5.32 Å². The van der Waals surface area contributed by atoms with Crippen LogP contribution in [-0.2, 0) is 5.75 Å². The Kier molecular flexibility index (Phi) is 5.39. The second-order valence-corrected chi connectivity index (χ2v) is 7.12. The summed E-state index contributed by atoms with van der Waals surface area (Å²) < 4.78 is 21.0. The average Bonchev–Trinajstić information content (AvgIpc) is 3.38. The molecule has 1 N–H and O–H groups in total. The van der Waals surface area contributed by atoms with Crippen LogP contribution >= 0.6 is 11.8 Å². The molecule has 0 saturated heterocycles. The maximum Gasteiger partial charge on any atom is 0.256 e. The summed E-state index contributed by atoms with van der Waals surface area (Å²) in [6.45, 7) is 1.72. The van der Waals surface area contributed by atoms with Crippen molar-refractivity contribution in [3.05, 3.63) is 84.3 Å². The molecule has 2 aromatic carbocycles. The summed E-state index contributed by atoms with van der Waals surface area (Å²) in [5, 5.41) is 6.60. The number of rotatable bonds is 6. The smallest absolute Gasteiger partial charge is 0.256 e. The number of nitrogens with zero attached hydrogens (tertiary/aromatic N) is 4. The molecule has 7 nitrogen and oxygen atoms in total. The molecule has 2 heterocycles. The van der Waals surface area contributed by atoms with Crippen molar-refractivity contribution >= 4 is 23.4 Å². The van der Waals surface area contributed by atoms with Gasteiger partial charge in [-0.1, -0.05) is 17.3 Å². The first-order chi connectivity index (χ1) is 14.1. The van der Waals surface area contributed by atoms with Crippen LogP contribution in [0.1, 0.15) is 22.1 Å². The number of nitrogens with one attached hydrogen (secondary N) is 1. The van der Waals surface area contributed by atoms with Gasteiger partial charge in [0.1, 0.15) is 5.82 Å². The van der Waals surface area contributed by atoms with E-state index in [4.69, 9.17) is 4.52 Å². The van der Waals surface area contributed by atoms with Crippen LogP contribution in [0.15, 0.2) is 70.6 Å². The number of thioether (sulfide) groups is 1. The molecule has 0 aliphatic rings. The van der Waals surface area contributed by atoms with Gasteiger partial charge in [-0.3, -0.25) is 4.79 Å². The van der Waals surface area contributed by atoms with E-state index in [9.17, 15) is 9.18 Å². The summed E-state index contributed by atoms with van der Waals surface area (Å²) in [6.07, 6.45) is 4.73. The molecule has 0 bridgehead atoms. The number of aryl methyl sites for hydroxylation is 1. The minimum Gasteiger partial charge on any atom is -0.340 e. The third kappa shape index (κ3) is 4.35. The normalized spacial score (nSPS) is 10.8. The highest BCUT2D eigenvalue weighted by atomic mass is 32.2. The number of aromatic nitrogens is 4. The number of imidazole rings is 1. The van der Waals surface area contributed by atoms with Crippen LogP contribution < -0.4 is 5.32 Å². The Bertz CT molecular complexity index is 1140. The number of halogens is 1. The zero-order valence-electron chi connectivity index (χ0n) is 15.4. The molecule has 0 aliphatic carbocycles. The van der Waals surface area contributed by atoms with Crippen LogP contribution in [0.3, 0.4) is 0 Å². The first-order valence-electron chi connectivity index (χ1n) is 8.70. The number of benzene rings is 2. The molecule has 0 atom stereocenters. The van der Waals surface area contributed by atoms with E-state index in [-0.39, 0.29) is 5.91 Å². The standard InChI is InChI=1S/C20H16FN5O2S/c1-13-23-19(25-28-13)11-29-18-5-3-2-4-15(18)20(27)24-14-6-7-17(16(21)10-14)26-9-8-22-12-26/h2-10,12H,11H2,1H3,(H,24,27). The largest absolute Gasteiger partial charge is 0.340 e. The molecule has 0 spiro atoms. The van der Waals surface area contributed by atoms with Gasteiger partial charge in [0.05, 0.1) is 23.3 Å². The van der Waals surface area contributed by atoms with E-state index in [0.29, 0.717) is 34.4 Å². The van der Waals surface area contributed by atoms with Gasteiger partial charge in [0.15, 0.2) is 5.82 Å². The van der Waals surface area contributed by atoms with Crippen molar-refractivity contribution in [3.8, 4) is 5.69 Å². The van der Waals surface area contributed by atoms with Gasteiger partial charge in [-0.25, -0.2) is 9.37 Å². The molecule has 29 heavy (non-hydrogen) atoms. The fourth-order valence-electron chi connectivity index (χ4n) is 2.72. The lowest BCUT2D eigenvalue weighted by atomic mass is 10.2. The summed E-state index contributed by atoms with van der Waals surface area (Å²) in [5.41, 5.74) is 1.20. The van der Waals surface area contributed by atoms with Gasteiger partial charge >= 0.3 is 0 Å². The average molecular weight is 409 g/mol. The van der Waals surface area contributed by atoms with Gasteiger partial charge in [0, 0.05) is 29.9 Å². The van der Waals surface area contributed by atoms with Crippen LogP contribution in [0.25, 0.3) is 5.69 Å². The first-order valence-corrected chi connectivity index (χ1v) is 9.69. The highest BCUT2D eigenvalue weighted by Crippen LogP contribution is 2.27. The molecule has 4 aromatic rings. The molecule has 0 saturated carbocycles. The van der Waals surface area contributed by atoms with Crippen molar-refractivity contribution in [2.45, 2.75) is 17.6 Å². The third-order valence-corrected chi connectivity index (χ3v) is 5.12. The van der Waals surface area contributed by atoms with Crippen molar-refractivity contribution < 1.29 is 13.7 Å². The number of hydrogen-bond donors (Lipinski definition) is 1. The lowest BCUT2D eigenvalue weighted by Gasteiger charge is -2.11. The number of amides is 1. The second kappa shape index (κ2) is 8.27. The SMILES string of the molecule is Cc1nc(CSc2ccccc2C(=O)Nc2ccc(-n3ccnc3)c(F)c2)no1. The summed E-state index contributed by atoms with van der Waals surface area (Å²) in [4.78, 5) is 21.6. The maximum atomic E-state index is 14.4. The summed E-state index contributed by atoms with van der Waals surface area (Å²) in [5.74, 6) is 0.728. The van der Waals surface area contributed by atoms with Gasteiger partial charge in [-0.05, 0) is 30.3 Å². The van der Waals surface area contributed by atoms with Crippen molar-refractivity contribution in [1.82, 2.24) is 19.7 Å². The maximum absolute atomic E-state index is 14.4. The van der Waals surface area contributed by atoms with E-state index in [1.165, 1.54) is 24.2 Å². The molecular weight excluding hydrogens is 393 g/mol. The zero-order valence-corrected chi connectivity index (χ0v) is 16.2. The van der Waals surface area contributed by atoms with Crippen molar-refractivity contribution in [2.24, 2.45) is 0 Å². The fourth-order valence-corrected chi connectivity index (χ4v) is 3.61. The molecule has 2 aromatic heterocycles. The van der Waals surface area contributed by atoms with Gasteiger partial charge < -0.3 is 14.4 Å². The van der Waals surface area contributed by atoms with E-state index < -0.39 is 5.82 Å². The second-order valence-electron chi connectivity index (χ2n) is 6.10. The lowest BCUT2D eigenvalue weighted by Crippen LogP contribution is -2.13. The van der Waals surface area contributed by atoms with Crippen LogP contribution in [-0.4, -0.2) is 25.6 Å². The molecule has 0 aliphatic heterocycles. The van der Waals surface area contributed by atoms with Gasteiger partial charge in [0.25, 0.3) is 5.91 Å². The first kappa shape index (κ1) is 18.9. The lowest BCUT2D eigenvalue weighted by molar-refractivity contribution is 0.102. The highest BCUT2D eigenvalue weighted by molar-refractivity contribution is 7.98. The minimum absolute atomic E-state index is 0.327. The summed E-state index contributed by atoms with van der Waals surface area (Å²) >= 11 is 1.43. The molecule has 0 radical (unpaired) electrons. The Hall–Kier alpha value is -3.46. The number of carbonyl (C=O) groups excluding carboxylic acids is 1. The Balaban J connectivity index is 1.49. The number of hydrogen-bond acceptors (Lipinski definition) is 6. The van der Waals surface area contributed by atoms with Gasteiger partial charge in [0.2, 0.25) is 5.89 Å². The molecule has 0 unspecified atom stereocenters. The third-order valence-electron chi connectivity index (χ3n) is 4.05. The van der Waals surface area contributed by atoms with Gasteiger partial charge in [-0.15, -0.1) is 11.8 Å². The molecular formula is C20H16FN5O2S. The highest BCUT2D eigenvalue weighted by Gasteiger charge is 2.14. The number of carbonyl (C=O) groups is 1. The van der Waals surface area contributed by atoms with E-state index >= 15 is 0 Å².